The Morgan fingerprint density at radius 1 is 1.29 bits per heavy atom. The third-order valence-electron chi connectivity index (χ3n) is 3.37. The van der Waals surface area contributed by atoms with Crippen LogP contribution in [0.5, 0.6) is 11.5 Å². The minimum Gasteiger partial charge on any atom is -0.486 e. The summed E-state index contributed by atoms with van der Waals surface area (Å²) >= 11 is 1.33. The van der Waals surface area contributed by atoms with E-state index >= 15 is 0 Å². The molecule has 0 radical (unpaired) electrons. The lowest BCUT2D eigenvalue weighted by molar-refractivity contribution is 0.0607. The first-order chi connectivity index (χ1) is 10.1. The van der Waals surface area contributed by atoms with Crippen LogP contribution in [-0.2, 0) is 4.74 Å². The van der Waals surface area contributed by atoms with Crippen LogP contribution in [0.25, 0.3) is 10.4 Å². The Balaban J connectivity index is 2.06. The molecule has 2 N–H and O–H groups in total. The Morgan fingerprint density at radius 3 is 2.71 bits per heavy atom. The summed E-state index contributed by atoms with van der Waals surface area (Å²) < 4.78 is 15.9. The van der Waals surface area contributed by atoms with E-state index in [1.807, 2.05) is 25.1 Å². The fourth-order valence-corrected chi connectivity index (χ4v) is 3.37. The zero-order chi connectivity index (χ0) is 15.0. The van der Waals surface area contributed by atoms with E-state index in [4.69, 9.17) is 19.9 Å². The van der Waals surface area contributed by atoms with Gasteiger partial charge in [0.15, 0.2) is 11.5 Å². The summed E-state index contributed by atoms with van der Waals surface area (Å²) in [5.74, 6) is 1.04. The van der Waals surface area contributed by atoms with E-state index < -0.39 is 5.97 Å². The summed E-state index contributed by atoms with van der Waals surface area (Å²) in [6.07, 6.45) is 0. The van der Waals surface area contributed by atoms with Crippen molar-refractivity contribution in [3.05, 3.63) is 28.6 Å². The summed E-state index contributed by atoms with van der Waals surface area (Å²) in [5.41, 5.74) is 8.30. The van der Waals surface area contributed by atoms with Crippen molar-refractivity contribution in [3.63, 3.8) is 0 Å². The molecule has 0 bridgehead atoms. The van der Waals surface area contributed by atoms with Crippen LogP contribution in [0.1, 0.15) is 15.2 Å². The van der Waals surface area contributed by atoms with Crippen molar-refractivity contribution in [2.24, 2.45) is 0 Å². The van der Waals surface area contributed by atoms with E-state index in [1.165, 1.54) is 18.4 Å². The lowest BCUT2D eigenvalue weighted by Crippen LogP contribution is -2.15. The molecule has 0 spiro atoms. The molecule has 0 fully saturated rings. The standard InChI is InChI=1S/C15H15NO4S/c1-8-12(16)14(15(17)18-2)21-13(8)9-3-4-10-11(7-9)20-6-5-19-10/h3-4,7H,5-6,16H2,1-2H3. The molecule has 1 aliphatic heterocycles. The molecule has 0 atom stereocenters. The molecule has 3 rings (SSSR count). The Kier molecular flexibility index (Phi) is 3.47. The van der Waals surface area contributed by atoms with Gasteiger partial charge in [0.05, 0.1) is 12.8 Å². The highest BCUT2D eigenvalue weighted by molar-refractivity contribution is 7.18. The monoisotopic (exact) mass is 305 g/mol. The van der Waals surface area contributed by atoms with Gasteiger partial charge in [0, 0.05) is 4.88 Å². The van der Waals surface area contributed by atoms with E-state index in [0.29, 0.717) is 29.5 Å². The fraction of sp³-hybridized carbons (Fsp3) is 0.267. The topological polar surface area (TPSA) is 70.8 Å². The van der Waals surface area contributed by atoms with Gasteiger partial charge >= 0.3 is 5.97 Å². The van der Waals surface area contributed by atoms with Crippen molar-refractivity contribution < 1.29 is 19.0 Å². The number of nitrogens with two attached hydrogens (primary N) is 1. The predicted octanol–water partition coefficient (Wildman–Crippen LogP) is 2.86. The molecule has 2 heterocycles. The summed E-state index contributed by atoms with van der Waals surface area (Å²) in [4.78, 5) is 13.1. The van der Waals surface area contributed by atoms with Crippen molar-refractivity contribution in [3.8, 4) is 21.9 Å². The van der Waals surface area contributed by atoms with Crippen molar-refractivity contribution >= 4 is 23.0 Å². The third kappa shape index (κ3) is 2.31. The van der Waals surface area contributed by atoms with Crippen LogP contribution in [0.4, 0.5) is 5.69 Å². The second-order valence-corrected chi connectivity index (χ2v) is 5.67. The van der Waals surface area contributed by atoms with Gasteiger partial charge in [0.1, 0.15) is 18.1 Å². The van der Waals surface area contributed by atoms with Crippen molar-refractivity contribution in [1.82, 2.24) is 0 Å². The lowest BCUT2D eigenvalue weighted by Gasteiger charge is -2.18. The Bertz CT molecular complexity index is 708. The van der Waals surface area contributed by atoms with Gasteiger partial charge in [-0.25, -0.2) is 4.79 Å². The first-order valence-electron chi connectivity index (χ1n) is 6.49. The highest BCUT2D eigenvalue weighted by Gasteiger charge is 2.21. The molecular weight excluding hydrogens is 290 g/mol. The van der Waals surface area contributed by atoms with E-state index in [-0.39, 0.29) is 0 Å². The van der Waals surface area contributed by atoms with Gasteiger partial charge in [-0.15, -0.1) is 11.3 Å². The maximum absolute atomic E-state index is 11.7. The highest BCUT2D eigenvalue weighted by Crippen LogP contribution is 2.41. The molecule has 110 valence electrons. The summed E-state index contributed by atoms with van der Waals surface area (Å²) in [7, 11) is 1.35. The number of ether oxygens (including phenoxy) is 3. The van der Waals surface area contributed by atoms with Crippen molar-refractivity contribution in [2.45, 2.75) is 6.92 Å². The maximum Gasteiger partial charge on any atom is 0.350 e. The van der Waals surface area contributed by atoms with Crippen LogP contribution in [0.15, 0.2) is 18.2 Å². The summed E-state index contributed by atoms with van der Waals surface area (Å²) in [6.45, 7) is 2.99. The van der Waals surface area contributed by atoms with Gasteiger partial charge in [-0.1, -0.05) is 0 Å². The number of anilines is 1. The second kappa shape index (κ2) is 5.29. The Hall–Kier alpha value is -2.21. The normalized spacial score (nSPS) is 13.0. The molecule has 6 heteroatoms. The number of rotatable bonds is 2. The molecule has 0 saturated carbocycles. The number of benzene rings is 1. The van der Waals surface area contributed by atoms with Crippen molar-refractivity contribution in [1.29, 1.82) is 0 Å². The van der Waals surface area contributed by atoms with E-state index in [2.05, 4.69) is 0 Å². The van der Waals surface area contributed by atoms with Gasteiger partial charge in [0.25, 0.3) is 0 Å². The molecule has 0 amide bonds. The van der Waals surface area contributed by atoms with Crippen LogP contribution < -0.4 is 15.2 Å². The van der Waals surface area contributed by atoms with Crippen LogP contribution in [0, 0.1) is 6.92 Å². The molecule has 1 aromatic heterocycles. The minimum atomic E-state index is -0.413. The summed E-state index contributed by atoms with van der Waals surface area (Å²) in [5, 5.41) is 0. The molecule has 5 nitrogen and oxygen atoms in total. The SMILES string of the molecule is COC(=O)c1sc(-c2ccc3c(c2)OCCO3)c(C)c1N. The number of carbonyl (C=O) groups is 1. The number of esters is 1. The molecular formula is C15H15NO4S. The molecule has 0 aliphatic carbocycles. The number of hydrogen-bond acceptors (Lipinski definition) is 6. The van der Waals surface area contributed by atoms with E-state index in [9.17, 15) is 4.79 Å². The molecule has 0 unspecified atom stereocenters. The Labute approximate surface area is 126 Å². The maximum atomic E-state index is 11.7. The number of thiophene rings is 1. The molecule has 1 aromatic carbocycles. The van der Waals surface area contributed by atoms with E-state index in [1.54, 1.807) is 0 Å². The number of methoxy groups -OCH3 is 1. The first kappa shape index (κ1) is 13.8. The molecule has 1 aliphatic rings. The number of fused-ring (bicyclic) bond motifs is 1. The molecule has 0 saturated heterocycles. The zero-order valence-corrected chi connectivity index (χ0v) is 12.6. The highest BCUT2D eigenvalue weighted by atomic mass is 32.1. The Morgan fingerprint density at radius 2 is 2.00 bits per heavy atom. The van der Waals surface area contributed by atoms with Gasteiger partial charge in [-0.2, -0.15) is 0 Å². The molecule has 2 aromatic rings. The number of nitrogen functional groups attached to an aromatic ring is 1. The van der Waals surface area contributed by atoms with Crippen LogP contribution in [0.3, 0.4) is 0 Å². The average Bonchev–Trinajstić information content (AvgIpc) is 2.82. The quantitative estimate of drug-likeness (QED) is 0.864. The fourth-order valence-electron chi connectivity index (χ4n) is 2.23. The average molecular weight is 305 g/mol. The minimum absolute atomic E-state index is 0.413. The van der Waals surface area contributed by atoms with Crippen LogP contribution in [0.2, 0.25) is 0 Å². The lowest BCUT2D eigenvalue weighted by atomic mass is 10.1. The van der Waals surface area contributed by atoms with Gasteiger partial charge in [-0.05, 0) is 36.2 Å². The van der Waals surface area contributed by atoms with Gasteiger partial charge < -0.3 is 19.9 Å². The second-order valence-electron chi connectivity index (χ2n) is 4.65. The van der Waals surface area contributed by atoms with Crippen molar-refractivity contribution in [2.75, 3.05) is 26.1 Å². The van der Waals surface area contributed by atoms with Gasteiger partial charge in [-0.3, -0.25) is 0 Å². The van der Waals surface area contributed by atoms with Crippen LogP contribution >= 0.6 is 11.3 Å². The molecule has 21 heavy (non-hydrogen) atoms. The largest absolute Gasteiger partial charge is 0.486 e. The smallest absolute Gasteiger partial charge is 0.350 e. The number of hydrogen-bond donors (Lipinski definition) is 1. The first-order valence-corrected chi connectivity index (χ1v) is 7.30. The summed E-state index contributed by atoms with van der Waals surface area (Å²) in [6, 6.07) is 5.72. The van der Waals surface area contributed by atoms with E-state index in [0.717, 1.165) is 21.8 Å². The predicted molar refractivity (Wildman–Crippen MR) is 81.2 cm³/mol. The number of carbonyl (C=O) groups excluding carboxylic acids is 1. The third-order valence-corrected chi connectivity index (χ3v) is 4.71. The van der Waals surface area contributed by atoms with Gasteiger partial charge in [0.2, 0.25) is 0 Å². The van der Waals surface area contributed by atoms with Crippen LogP contribution in [-0.4, -0.2) is 26.3 Å². The zero-order valence-electron chi connectivity index (χ0n) is 11.8.